The minimum absolute atomic E-state index is 0.349. The van der Waals surface area contributed by atoms with Crippen LogP contribution in [-0.4, -0.2) is 12.0 Å². The van der Waals surface area contributed by atoms with Crippen molar-refractivity contribution < 1.29 is 0 Å². The Kier molecular flexibility index (Phi) is 4.23. The summed E-state index contributed by atoms with van der Waals surface area (Å²) in [5.41, 5.74) is 8.55. The molecular weight excluding hydrogens is 222 g/mol. The lowest BCUT2D eigenvalue weighted by Gasteiger charge is -2.34. The Morgan fingerprint density at radius 2 is 2.22 bits per heavy atom. The molecule has 1 aliphatic carbocycles. The molecular formula is C15H25N3. The monoisotopic (exact) mass is 247 g/mol. The van der Waals surface area contributed by atoms with Gasteiger partial charge in [0.1, 0.15) is 5.82 Å². The molecule has 3 atom stereocenters. The Labute approximate surface area is 110 Å². The van der Waals surface area contributed by atoms with Crippen molar-refractivity contribution in [2.45, 2.75) is 45.6 Å². The predicted molar refractivity (Wildman–Crippen MR) is 76.3 cm³/mol. The SMILES string of the molecule is CNC(c1c(C)ccnc1N)C1CCCC(C)C1. The Hall–Kier alpha value is -1.09. The standard InChI is InChI=1S/C15H25N3/c1-10-5-4-6-12(9-10)14(17-3)13-11(2)7-8-18-15(13)16/h7-8,10,12,14,17H,4-6,9H2,1-3H3,(H2,16,18). The molecule has 0 aromatic carbocycles. The minimum Gasteiger partial charge on any atom is -0.383 e. The highest BCUT2D eigenvalue weighted by molar-refractivity contribution is 5.46. The number of nitrogen functional groups attached to an aromatic ring is 1. The smallest absolute Gasteiger partial charge is 0.128 e. The van der Waals surface area contributed by atoms with Gasteiger partial charge in [-0.2, -0.15) is 0 Å². The zero-order valence-electron chi connectivity index (χ0n) is 11.7. The lowest BCUT2D eigenvalue weighted by atomic mass is 9.76. The molecule has 1 heterocycles. The Balaban J connectivity index is 2.27. The molecule has 3 heteroatoms. The van der Waals surface area contributed by atoms with E-state index in [4.69, 9.17) is 5.73 Å². The molecule has 0 amide bonds. The maximum atomic E-state index is 6.09. The number of rotatable bonds is 3. The molecule has 100 valence electrons. The van der Waals surface area contributed by atoms with E-state index in [1.54, 1.807) is 6.20 Å². The van der Waals surface area contributed by atoms with Gasteiger partial charge in [-0.25, -0.2) is 4.98 Å². The normalized spacial score (nSPS) is 25.9. The number of pyridine rings is 1. The van der Waals surface area contributed by atoms with E-state index in [1.165, 1.54) is 36.8 Å². The molecule has 0 aliphatic heterocycles. The molecule has 0 saturated heterocycles. The molecule has 0 spiro atoms. The van der Waals surface area contributed by atoms with Gasteiger partial charge >= 0.3 is 0 Å². The van der Waals surface area contributed by atoms with E-state index in [0.717, 1.165) is 5.92 Å². The van der Waals surface area contributed by atoms with Gasteiger partial charge in [0.15, 0.2) is 0 Å². The second kappa shape index (κ2) is 5.70. The van der Waals surface area contributed by atoms with E-state index in [1.807, 2.05) is 7.05 Å². The fourth-order valence-electron chi connectivity index (χ4n) is 3.39. The van der Waals surface area contributed by atoms with Crippen molar-refractivity contribution in [2.24, 2.45) is 11.8 Å². The highest BCUT2D eigenvalue weighted by Gasteiger charge is 2.29. The van der Waals surface area contributed by atoms with Crippen molar-refractivity contribution in [3.63, 3.8) is 0 Å². The van der Waals surface area contributed by atoms with Crippen molar-refractivity contribution >= 4 is 5.82 Å². The number of anilines is 1. The summed E-state index contributed by atoms with van der Waals surface area (Å²) in [6.45, 7) is 4.49. The average Bonchev–Trinajstić information content (AvgIpc) is 2.34. The first kappa shape index (κ1) is 13.3. The second-order valence-electron chi connectivity index (χ2n) is 5.72. The number of nitrogens with zero attached hydrogens (tertiary/aromatic N) is 1. The van der Waals surface area contributed by atoms with E-state index in [2.05, 4.69) is 30.2 Å². The molecule has 3 nitrogen and oxygen atoms in total. The van der Waals surface area contributed by atoms with Crippen LogP contribution in [-0.2, 0) is 0 Å². The molecule has 1 aliphatic rings. The van der Waals surface area contributed by atoms with Crippen LogP contribution in [0.4, 0.5) is 5.82 Å². The van der Waals surface area contributed by atoms with Crippen LogP contribution in [0.2, 0.25) is 0 Å². The van der Waals surface area contributed by atoms with Gasteiger partial charge in [-0.1, -0.05) is 19.8 Å². The van der Waals surface area contributed by atoms with Crippen molar-refractivity contribution in [3.8, 4) is 0 Å². The van der Waals surface area contributed by atoms with Crippen molar-refractivity contribution in [2.75, 3.05) is 12.8 Å². The first-order chi connectivity index (χ1) is 8.63. The van der Waals surface area contributed by atoms with Crippen LogP contribution < -0.4 is 11.1 Å². The average molecular weight is 247 g/mol. The number of aromatic nitrogens is 1. The number of hydrogen-bond acceptors (Lipinski definition) is 3. The van der Waals surface area contributed by atoms with Crippen molar-refractivity contribution in [1.29, 1.82) is 0 Å². The quantitative estimate of drug-likeness (QED) is 0.863. The molecule has 0 radical (unpaired) electrons. The van der Waals surface area contributed by atoms with Gasteiger partial charge in [0.2, 0.25) is 0 Å². The van der Waals surface area contributed by atoms with Crippen LogP contribution in [0.25, 0.3) is 0 Å². The van der Waals surface area contributed by atoms with Crippen LogP contribution in [0.5, 0.6) is 0 Å². The molecule has 3 unspecified atom stereocenters. The van der Waals surface area contributed by atoms with E-state index < -0.39 is 0 Å². The molecule has 18 heavy (non-hydrogen) atoms. The third kappa shape index (κ3) is 2.66. The summed E-state index contributed by atoms with van der Waals surface area (Å²) >= 11 is 0. The molecule has 1 saturated carbocycles. The number of nitrogens with one attached hydrogen (secondary N) is 1. The molecule has 2 rings (SSSR count). The summed E-state index contributed by atoms with van der Waals surface area (Å²) in [7, 11) is 2.04. The highest BCUT2D eigenvalue weighted by atomic mass is 14.9. The van der Waals surface area contributed by atoms with Gasteiger partial charge < -0.3 is 11.1 Å². The van der Waals surface area contributed by atoms with Crippen LogP contribution >= 0.6 is 0 Å². The second-order valence-corrected chi connectivity index (χ2v) is 5.72. The topological polar surface area (TPSA) is 50.9 Å². The minimum atomic E-state index is 0.349. The predicted octanol–water partition coefficient (Wildman–Crippen LogP) is 3.06. The first-order valence-electron chi connectivity index (χ1n) is 7.01. The maximum absolute atomic E-state index is 6.09. The van der Waals surface area contributed by atoms with Crippen LogP contribution in [0.3, 0.4) is 0 Å². The van der Waals surface area contributed by atoms with E-state index in [9.17, 15) is 0 Å². The van der Waals surface area contributed by atoms with Crippen LogP contribution in [0.15, 0.2) is 12.3 Å². The van der Waals surface area contributed by atoms with Gasteiger partial charge in [-0.05, 0) is 50.3 Å². The summed E-state index contributed by atoms with van der Waals surface area (Å²) in [5, 5.41) is 3.47. The summed E-state index contributed by atoms with van der Waals surface area (Å²) in [4.78, 5) is 4.26. The zero-order chi connectivity index (χ0) is 13.1. The molecule has 1 fully saturated rings. The Bertz CT molecular complexity index is 382. The van der Waals surface area contributed by atoms with Gasteiger partial charge in [0.25, 0.3) is 0 Å². The number of hydrogen-bond donors (Lipinski definition) is 2. The summed E-state index contributed by atoms with van der Waals surface area (Å²) in [6, 6.07) is 2.41. The van der Waals surface area contributed by atoms with Crippen LogP contribution in [0.1, 0.15) is 49.8 Å². The summed E-state index contributed by atoms with van der Waals surface area (Å²) in [6.07, 6.45) is 7.09. The molecule has 1 aromatic heterocycles. The van der Waals surface area contributed by atoms with E-state index in [-0.39, 0.29) is 0 Å². The van der Waals surface area contributed by atoms with Crippen LogP contribution in [0, 0.1) is 18.8 Å². The first-order valence-corrected chi connectivity index (χ1v) is 7.01. The Morgan fingerprint density at radius 3 is 2.83 bits per heavy atom. The maximum Gasteiger partial charge on any atom is 0.128 e. The number of nitrogens with two attached hydrogens (primary N) is 1. The van der Waals surface area contributed by atoms with E-state index >= 15 is 0 Å². The molecule has 0 bridgehead atoms. The summed E-state index contributed by atoms with van der Waals surface area (Å²) < 4.78 is 0. The summed E-state index contributed by atoms with van der Waals surface area (Å²) in [5.74, 6) is 2.20. The van der Waals surface area contributed by atoms with E-state index in [0.29, 0.717) is 17.8 Å². The lowest BCUT2D eigenvalue weighted by Crippen LogP contribution is -2.30. The molecule has 3 N–H and O–H groups in total. The van der Waals surface area contributed by atoms with Crippen molar-refractivity contribution in [3.05, 3.63) is 23.4 Å². The van der Waals surface area contributed by atoms with Gasteiger partial charge in [-0.3, -0.25) is 0 Å². The van der Waals surface area contributed by atoms with Gasteiger partial charge in [0.05, 0.1) is 0 Å². The fourth-order valence-corrected chi connectivity index (χ4v) is 3.39. The van der Waals surface area contributed by atoms with Gasteiger partial charge in [-0.15, -0.1) is 0 Å². The highest BCUT2D eigenvalue weighted by Crippen LogP contribution is 2.39. The Morgan fingerprint density at radius 1 is 1.44 bits per heavy atom. The third-order valence-corrected chi connectivity index (χ3v) is 4.31. The fraction of sp³-hybridized carbons (Fsp3) is 0.667. The van der Waals surface area contributed by atoms with Crippen molar-refractivity contribution in [1.82, 2.24) is 10.3 Å². The third-order valence-electron chi connectivity index (χ3n) is 4.31. The van der Waals surface area contributed by atoms with Gasteiger partial charge in [0, 0.05) is 17.8 Å². The lowest BCUT2D eigenvalue weighted by molar-refractivity contribution is 0.230. The molecule has 1 aromatic rings. The largest absolute Gasteiger partial charge is 0.383 e. The zero-order valence-corrected chi connectivity index (χ0v) is 11.7. The number of aryl methyl sites for hydroxylation is 1.